The Morgan fingerprint density at radius 2 is 2.05 bits per heavy atom. The third-order valence-electron chi connectivity index (χ3n) is 3.19. The van der Waals surface area contributed by atoms with Crippen molar-refractivity contribution in [1.29, 1.82) is 5.26 Å². The van der Waals surface area contributed by atoms with Gasteiger partial charge in [-0.15, -0.1) is 0 Å². The molecule has 0 saturated carbocycles. The van der Waals surface area contributed by atoms with E-state index in [0.717, 1.165) is 30.2 Å². The fourth-order valence-corrected chi connectivity index (χ4v) is 2.10. The third kappa shape index (κ3) is 4.74. The number of hydrogen-bond acceptors (Lipinski definition) is 5. The Bertz CT molecular complexity index is 660. The van der Waals surface area contributed by atoms with E-state index in [4.69, 9.17) is 5.26 Å². The van der Waals surface area contributed by atoms with Crippen molar-refractivity contribution in [3.63, 3.8) is 0 Å². The van der Waals surface area contributed by atoms with Crippen LogP contribution in [0.2, 0.25) is 0 Å². The molecular weight excluding hydrogens is 274 g/mol. The second-order valence-corrected chi connectivity index (χ2v) is 5.17. The van der Waals surface area contributed by atoms with E-state index in [1.807, 2.05) is 25.1 Å². The van der Waals surface area contributed by atoms with Crippen molar-refractivity contribution in [3.05, 3.63) is 41.6 Å². The van der Waals surface area contributed by atoms with Crippen molar-refractivity contribution in [2.75, 3.05) is 17.2 Å². The number of benzene rings is 1. The highest BCUT2D eigenvalue weighted by molar-refractivity contribution is 5.57. The smallest absolute Gasteiger partial charge is 0.229 e. The second-order valence-electron chi connectivity index (χ2n) is 5.17. The van der Waals surface area contributed by atoms with E-state index >= 15 is 0 Å². The van der Waals surface area contributed by atoms with Crippen molar-refractivity contribution in [1.82, 2.24) is 9.97 Å². The van der Waals surface area contributed by atoms with Crippen LogP contribution < -0.4 is 10.6 Å². The van der Waals surface area contributed by atoms with Gasteiger partial charge in [-0.1, -0.05) is 25.8 Å². The summed E-state index contributed by atoms with van der Waals surface area (Å²) in [6, 6.07) is 11.3. The molecule has 2 N–H and O–H groups in total. The molecule has 0 aliphatic carbocycles. The number of hydrogen-bond donors (Lipinski definition) is 2. The van der Waals surface area contributed by atoms with Gasteiger partial charge >= 0.3 is 0 Å². The van der Waals surface area contributed by atoms with Crippen LogP contribution >= 0.6 is 0 Å². The molecule has 1 aromatic carbocycles. The maximum atomic E-state index is 8.94. The van der Waals surface area contributed by atoms with Gasteiger partial charge in [0.2, 0.25) is 5.95 Å². The van der Waals surface area contributed by atoms with E-state index in [2.05, 4.69) is 33.6 Å². The molecule has 5 heteroatoms. The lowest BCUT2D eigenvalue weighted by molar-refractivity contribution is 0.742. The molecule has 0 atom stereocenters. The van der Waals surface area contributed by atoms with Crippen LogP contribution in [0.25, 0.3) is 0 Å². The Morgan fingerprint density at radius 1 is 1.18 bits per heavy atom. The first-order chi connectivity index (χ1) is 10.7. The number of unbranched alkanes of at least 4 members (excludes halogenated alkanes) is 2. The normalized spacial score (nSPS) is 10.0. The summed E-state index contributed by atoms with van der Waals surface area (Å²) in [5.41, 5.74) is 2.31. The Balaban J connectivity index is 2.07. The van der Waals surface area contributed by atoms with Crippen LogP contribution in [0.3, 0.4) is 0 Å². The van der Waals surface area contributed by atoms with Crippen molar-refractivity contribution in [2.24, 2.45) is 0 Å². The predicted molar refractivity (Wildman–Crippen MR) is 89.2 cm³/mol. The highest BCUT2D eigenvalue weighted by Gasteiger charge is 2.03. The molecule has 0 radical (unpaired) electrons. The first-order valence-corrected chi connectivity index (χ1v) is 7.58. The molecule has 114 valence electrons. The van der Waals surface area contributed by atoms with Gasteiger partial charge in [0.15, 0.2) is 0 Å². The maximum Gasteiger partial charge on any atom is 0.229 e. The van der Waals surface area contributed by atoms with E-state index in [1.165, 1.54) is 12.8 Å². The van der Waals surface area contributed by atoms with E-state index in [1.54, 1.807) is 12.1 Å². The Morgan fingerprint density at radius 3 is 2.82 bits per heavy atom. The highest BCUT2D eigenvalue weighted by atomic mass is 15.1. The summed E-state index contributed by atoms with van der Waals surface area (Å²) in [4.78, 5) is 8.85. The molecule has 22 heavy (non-hydrogen) atoms. The minimum absolute atomic E-state index is 0.535. The number of aryl methyl sites for hydroxylation is 1. The fourth-order valence-electron chi connectivity index (χ4n) is 2.10. The van der Waals surface area contributed by atoms with Gasteiger partial charge in [-0.2, -0.15) is 10.2 Å². The number of aromatic nitrogens is 2. The third-order valence-corrected chi connectivity index (χ3v) is 3.19. The Kier molecular flexibility index (Phi) is 5.73. The highest BCUT2D eigenvalue weighted by Crippen LogP contribution is 2.17. The van der Waals surface area contributed by atoms with Gasteiger partial charge in [0.05, 0.1) is 11.6 Å². The van der Waals surface area contributed by atoms with Crippen LogP contribution in [0.4, 0.5) is 17.5 Å². The summed E-state index contributed by atoms with van der Waals surface area (Å²) >= 11 is 0. The van der Waals surface area contributed by atoms with E-state index < -0.39 is 0 Å². The molecule has 5 nitrogen and oxygen atoms in total. The topological polar surface area (TPSA) is 73.6 Å². The van der Waals surface area contributed by atoms with E-state index in [-0.39, 0.29) is 0 Å². The lowest BCUT2D eigenvalue weighted by atomic mass is 10.2. The molecule has 2 rings (SSSR count). The first kappa shape index (κ1) is 15.8. The van der Waals surface area contributed by atoms with E-state index in [0.29, 0.717) is 11.5 Å². The molecule has 0 spiro atoms. The zero-order valence-electron chi connectivity index (χ0n) is 13.1. The first-order valence-electron chi connectivity index (χ1n) is 7.58. The largest absolute Gasteiger partial charge is 0.370 e. The molecule has 0 aliphatic heterocycles. The molecular formula is C17H21N5. The van der Waals surface area contributed by atoms with Crippen LogP contribution in [0.15, 0.2) is 30.3 Å². The van der Waals surface area contributed by atoms with Crippen molar-refractivity contribution < 1.29 is 0 Å². The lowest BCUT2D eigenvalue weighted by Crippen LogP contribution is -2.06. The Labute approximate surface area is 131 Å². The van der Waals surface area contributed by atoms with Crippen molar-refractivity contribution in [2.45, 2.75) is 33.1 Å². The summed E-state index contributed by atoms with van der Waals surface area (Å²) in [5, 5.41) is 15.4. The predicted octanol–water partition coefficient (Wildman–Crippen LogP) is 4.00. The number of nitriles is 1. The second kappa shape index (κ2) is 7.99. The van der Waals surface area contributed by atoms with E-state index in [9.17, 15) is 0 Å². The fraction of sp³-hybridized carbons (Fsp3) is 0.353. The van der Waals surface area contributed by atoms with Crippen molar-refractivity contribution in [3.8, 4) is 6.07 Å². The minimum Gasteiger partial charge on any atom is -0.370 e. The molecule has 1 heterocycles. The SMILES string of the molecule is CCCCCNc1cc(C)nc(Nc2cccc(C#N)c2)n1. The molecule has 0 bridgehead atoms. The molecule has 0 fully saturated rings. The number of nitrogens with one attached hydrogen (secondary N) is 2. The number of anilines is 3. The van der Waals surface area contributed by atoms with Gasteiger partial charge in [-0.3, -0.25) is 0 Å². The van der Waals surface area contributed by atoms with Crippen LogP contribution in [-0.2, 0) is 0 Å². The molecule has 1 aromatic heterocycles. The molecule has 0 amide bonds. The number of nitrogens with zero attached hydrogens (tertiary/aromatic N) is 3. The zero-order chi connectivity index (χ0) is 15.8. The van der Waals surface area contributed by atoms with Gasteiger partial charge in [0.25, 0.3) is 0 Å². The Hall–Kier alpha value is -2.61. The summed E-state index contributed by atoms with van der Waals surface area (Å²) < 4.78 is 0. The molecule has 0 saturated heterocycles. The van der Waals surface area contributed by atoms with Gasteiger partial charge in [-0.25, -0.2) is 4.98 Å². The zero-order valence-corrected chi connectivity index (χ0v) is 13.1. The van der Waals surface area contributed by atoms with Crippen LogP contribution in [0, 0.1) is 18.3 Å². The molecule has 0 aliphatic rings. The van der Waals surface area contributed by atoms with Gasteiger partial charge in [-0.05, 0) is 31.5 Å². The average Bonchev–Trinajstić information content (AvgIpc) is 2.51. The standard InChI is InChI=1S/C17H21N5/c1-3-4-5-9-19-16-10-13(2)20-17(22-16)21-15-8-6-7-14(11-15)12-18/h6-8,10-11H,3-5,9H2,1-2H3,(H2,19,20,21,22). The summed E-state index contributed by atoms with van der Waals surface area (Å²) in [6.45, 7) is 5.04. The van der Waals surface area contributed by atoms with Crippen LogP contribution in [-0.4, -0.2) is 16.5 Å². The molecule has 2 aromatic rings. The van der Waals surface area contributed by atoms with Gasteiger partial charge in [0.1, 0.15) is 5.82 Å². The lowest BCUT2D eigenvalue weighted by Gasteiger charge is -2.10. The van der Waals surface area contributed by atoms with Crippen LogP contribution in [0.5, 0.6) is 0 Å². The summed E-state index contributed by atoms with van der Waals surface area (Å²) in [7, 11) is 0. The minimum atomic E-state index is 0.535. The van der Waals surface area contributed by atoms with Crippen LogP contribution in [0.1, 0.15) is 37.4 Å². The molecule has 0 unspecified atom stereocenters. The average molecular weight is 295 g/mol. The van der Waals surface area contributed by atoms with Gasteiger partial charge in [0, 0.05) is 24.0 Å². The quantitative estimate of drug-likeness (QED) is 0.755. The maximum absolute atomic E-state index is 8.94. The summed E-state index contributed by atoms with van der Waals surface area (Å²) in [5.74, 6) is 1.36. The summed E-state index contributed by atoms with van der Waals surface area (Å²) in [6.07, 6.45) is 3.54. The van der Waals surface area contributed by atoms with Gasteiger partial charge < -0.3 is 10.6 Å². The number of rotatable bonds is 7. The monoisotopic (exact) mass is 295 g/mol. The van der Waals surface area contributed by atoms with Crippen molar-refractivity contribution >= 4 is 17.5 Å².